The van der Waals surface area contributed by atoms with Crippen molar-refractivity contribution < 1.29 is 19.1 Å². The van der Waals surface area contributed by atoms with Crippen molar-refractivity contribution in [2.75, 3.05) is 5.32 Å². The molecule has 0 aromatic heterocycles. The molecular formula is C29H23NO4. The van der Waals surface area contributed by atoms with Gasteiger partial charge in [0.15, 0.2) is 6.10 Å². The summed E-state index contributed by atoms with van der Waals surface area (Å²) in [4.78, 5) is 38.4. The van der Waals surface area contributed by atoms with Gasteiger partial charge in [-0.3, -0.25) is 9.59 Å². The Labute approximate surface area is 198 Å². The second kappa shape index (κ2) is 10.4. The number of aryl methyl sites for hydroxylation is 1. The Morgan fingerprint density at radius 3 is 1.82 bits per heavy atom. The lowest BCUT2D eigenvalue weighted by Crippen LogP contribution is -2.20. The Kier molecular flexibility index (Phi) is 6.94. The van der Waals surface area contributed by atoms with E-state index in [9.17, 15) is 14.4 Å². The Bertz CT molecular complexity index is 1280. The summed E-state index contributed by atoms with van der Waals surface area (Å²) in [6.45, 7) is 1.94. The molecule has 1 atom stereocenters. The maximum absolute atomic E-state index is 13.2. The van der Waals surface area contributed by atoms with Crippen molar-refractivity contribution in [3.05, 3.63) is 137 Å². The van der Waals surface area contributed by atoms with Crippen molar-refractivity contribution in [3.63, 3.8) is 0 Å². The Morgan fingerprint density at radius 1 is 0.647 bits per heavy atom. The zero-order chi connectivity index (χ0) is 23.9. The largest absolute Gasteiger partial charge is 0.445 e. The van der Waals surface area contributed by atoms with E-state index in [0.717, 1.165) is 5.56 Å². The standard InChI is InChI=1S/C29H23NO4/c1-20-12-14-21(15-13-20)26(31)27(22-8-4-2-5-9-22)34-29(33)24-16-18-25(19-17-24)30-28(32)23-10-6-3-7-11-23/h2-19,27H,1H3,(H,30,32). The molecule has 1 amide bonds. The second-order valence-corrected chi connectivity index (χ2v) is 7.82. The van der Waals surface area contributed by atoms with E-state index >= 15 is 0 Å². The summed E-state index contributed by atoms with van der Waals surface area (Å²) in [5.74, 6) is -1.18. The number of ether oxygens (including phenoxy) is 1. The summed E-state index contributed by atoms with van der Waals surface area (Å²) in [6, 6.07) is 31.3. The number of carbonyl (C=O) groups is 3. The van der Waals surface area contributed by atoms with Crippen LogP contribution in [0.25, 0.3) is 0 Å². The van der Waals surface area contributed by atoms with Crippen LogP contribution in [-0.4, -0.2) is 17.7 Å². The Hall–Kier alpha value is -4.51. The van der Waals surface area contributed by atoms with Gasteiger partial charge < -0.3 is 10.1 Å². The average molecular weight is 450 g/mol. The highest BCUT2D eigenvalue weighted by Crippen LogP contribution is 2.25. The molecule has 0 heterocycles. The van der Waals surface area contributed by atoms with Gasteiger partial charge in [-0.2, -0.15) is 0 Å². The number of hydrogen-bond acceptors (Lipinski definition) is 4. The van der Waals surface area contributed by atoms with Crippen LogP contribution in [0.1, 0.15) is 48.3 Å². The third kappa shape index (κ3) is 5.45. The van der Waals surface area contributed by atoms with Crippen molar-refractivity contribution in [2.45, 2.75) is 13.0 Å². The van der Waals surface area contributed by atoms with Gasteiger partial charge in [-0.05, 0) is 43.3 Å². The number of Topliss-reactive ketones (excluding diaryl/α,β-unsaturated/α-hetero) is 1. The van der Waals surface area contributed by atoms with Crippen molar-refractivity contribution in [1.29, 1.82) is 0 Å². The molecule has 0 aliphatic carbocycles. The summed E-state index contributed by atoms with van der Waals surface area (Å²) in [7, 11) is 0. The number of amides is 1. The fourth-order valence-electron chi connectivity index (χ4n) is 3.43. The first kappa shape index (κ1) is 22.7. The van der Waals surface area contributed by atoms with Crippen molar-refractivity contribution in [3.8, 4) is 0 Å². The van der Waals surface area contributed by atoms with Gasteiger partial charge >= 0.3 is 5.97 Å². The first-order chi connectivity index (χ1) is 16.5. The van der Waals surface area contributed by atoms with E-state index in [1.165, 1.54) is 0 Å². The van der Waals surface area contributed by atoms with Crippen LogP contribution in [0, 0.1) is 6.92 Å². The molecule has 4 aromatic carbocycles. The SMILES string of the molecule is Cc1ccc(C(=O)C(OC(=O)c2ccc(NC(=O)c3ccccc3)cc2)c2ccccc2)cc1. The maximum atomic E-state index is 13.2. The molecule has 0 aliphatic heterocycles. The van der Waals surface area contributed by atoms with E-state index in [2.05, 4.69) is 5.32 Å². The van der Waals surface area contributed by atoms with Gasteiger partial charge in [0.05, 0.1) is 5.56 Å². The summed E-state index contributed by atoms with van der Waals surface area (Å²) < 4.78 is 5.68. The van der Waals surface area contributed by atoms with Gasteiger partial charge in [0.1, 0.15) is 0 Å². The Balaban J connectivity index is 1.50. The van der Waals surface area contributed by atoms with E-state index in [-0.39, 0.29) is 17.3 Å². The van der Waals surface area contributed by atoms with Crippen LogP contribution in [0.3, 0.4) is 0 Å². The number of esters is 1. The molecule has 34 heavy (non-hydrogen) atoms. The number of nitrogens with one attached hydrogen (secondary N) is 1. The van der Waals surface area contributed by atoms with E-state index in [0.29, 0.717) is 22.4 Å². The number of ketones is 1. The fourth-order valence-corrected chi connectivity index (χ4v) is 3.43. The summed E-state index contributed by atoms with van der Waals surface area (Å²) in [5.41, 5.74) is 3.44. The molecule has 4 aromatic rings. The van der Waals surface area contributed by atoms with Gasteiger partial charge in [-0.15, -0.1) is 0 Å². The Morgan fingerprint density at radius 2 is 1.21 bits per heavy atom. The average Bonchev–Trinajstić information content (AvgIpc) is 2.88. The molecule has 1 N–H and O–H groups in total. The molecule has 1 unspecified atom stereocenters. The zero-order valence-electron chi connectivity index (χ0n) is 18.6. The first-order valence-electron chi connectivity index (χ1n) is 10.8. The smallest absolute Gasteiger partial charge is 0.339 e. The van der Waals surface area contributed by atoms with Gasteiger partial charge in [0.2, 0.25) is 5.78 Å². The zero-order valence-corrected chi connectivity index (χ0v) is 18.6. The minimum atomic E-state index is -1.08. The summed E-state index contributed by atoms with van der Waals surface area (Å²) >= 11 is 0. The van der Waals surface area contributed by atoms with Crippen LogP contribution in [0.5, 0.6) is 0 Å². The van der Waals surface area contributed by atoms with E-state index < -0.39 is 12.1 Å². The molecule has 0 saturated carbocycles. The van der Waals surface area contributed by atoms with Crippen LogP contribution in [-0.2, 0) is 4.74 Å². The molecule has 0 radical (unpaired) electrons. The lowest BCUT2D eigenvalue weighted by atomic mass is 9.99. The van der Waals surface area contributed by atoms with Gasteiger partial charge in [-0.1, -0.05) is 78.4 Å². The van der Waals surface area contributed by atoms with E-state index in [1.54, 1.807) is 84.9 Å². The van der Waals surface area contributed by atoms with E-state index in [1.807, 2.05) is 31.2 Å². The highest BCUT2D eigenvalue weighted by molar-refractivity contribution is 6.05. The number of hydrogen-bond donors (Lipinski definition) is 1. The lowest BCUT2D eigenvalue weighted by molar-refractivity contribution is 0.0280. The predicted molar refractivity (Wildman–Crippen MR) is 131 cm³/mol. The number of carbonyl (C=O) groups excluding carboxylic acids is 3. The minimum Gasteiger partial charge on any atom is -0.445 e. The maximum Gasteiger partial charge on any atom is 0.339 e. The summed E-state index contributed by atoms with van der Waals surface area (Å²) in [6.07, 6.45) is -1.08. The summed E-state index contributed by atoms with van der Waals surface area (Å²) in [5, 5.41) is 2.79. The number of benzene rings is 4. The highest BCUT2D eigenvalue weighted by atomic mass is 16.5. The molecule has 168 valence electrons. The van der Waals surface area contributed by atoms with Crippen LogP contribution < -0.4 is 5.32 Å². The minimum absolute atomic E-state index is 0.247. The number of anilines is 1. The van der Waals surface area contributed by atoms with Gasteiger partial charge in [0, 0.05) is 22.4 Å². The van der Waals surface area contributed by atoms with E-state index in [4.69, 9.17) is 4.74 Å². The van der Waals surface area contributed by atoms with Gasteiger partial charge in [-0.25, -0.2) is 4.79 Å². The number of rotatable bonds is 7. The monoisotopic (exact) mass is 449 g/mol. The van der Waals surface area contributed by atoms with Gasteiger partial charge in [0.25, 0.3) is 5.91 Å². The lowest BCUT2D eigenvalue weighted by Gasteiger charge is -2.18. The molecule has 4 rings (SSSR count). The van der Waals surface area contributed by atoms with Crippen LogP contribution in [0.4, 0.5) is 5.69 Å². The molecule has 0 spiro atoms. The first-order valence-corrected chi connectivity index (χ1v) is 10.8. The van der Waals surface area contributed by atoms with Crippen molar-refractivity contribution >= 4 is 23.3 Å². The second-order valence-electron chi connectivity index (χ2n) is 7.82. The molecule has 0 aliphatic rings. The normalized spacial score (nSPS) is 11.3. The molecule has 5 heteroatoms. The van der Waals surface area contributed by atoms with Crippen LogP contribution in [0.15, 0.2) is 109 Å². The molecule has 0 saturated heterocycles. The third-order valence-electron chi connectivity index (χ3n) is 5.32. The molecule has 0 bridgehead atoms. The predicted octanol–water partition coefficient (Wildman–Crippen LogP) is 6.03. The molecular weight excluding hydrogens is 426 g/mol. The molecule has 0 fully saturated rings. The topological polar surface area (TPSA) is 72.5 Å². The quantitative estimate of drug-likeness (QED) is 0.276. The van der Waals surface area contributed by atoms with Crippen LogP contribution >= 0.6 is 0 Å². The molecule has 5 nitrogen and oxygen atoms in total. The third-order valence-corrected chi connectivity index (χ3v) is 5.32. The van der Waals surface area contributed by atoms with Crippen LogP contribution in [0.2, 0.25) is 0 Å². The fraction of sp³-hybridized carbons (Fsp3) is 0.0690. The van der Waals surface area contributed by atoms with Crippen molar-refractivity contribution in [2.24, 2.45) is 0 Å². The van der Waals surface area contributed by atoms with Crippen molar-refractivity contribution in [1.82, 2.24) is 0 Å². The highest BCUT2D eigenvalue weighted by Gasteiger charge is 2.26.